The number of rotatable bonds is 5. The highest BCUT2D eigenvalue weighted by atomic mass is 79.9. The summed E-state index contributed by atoms with van der Waals surface area (Å²) in [6.45, 7) is 2.62. The van der Waals surface area contributed by atoms with Crippen molar-refractivity contribution in [2.75, 3.05) is 13.2 Å². The van der Waals surface area contributed by atoms with E-state index in [9.17, 15) is 13.2 Å². The minimum atomic E-state index is -4.29. The largest absolute Gasteiger partial charge is 0.411 e. The van der Waals surface area contributed by atoms with Crippen LogP contribution in [0.4, 0.5) is 13.2 Å². The van der Waals surface area contributed by atoms with E-state index in [1.165, 1.54) is 0 Å². The standard InChI is InChI=1S/C13H15BrClF3O/c1-8-6-11(14)9(2)5-10(8)12(15)3-4-19-7-13(16,17)18/h5-6,12H,3-4,7H2,1-2H3. The van der Waals surface area contributed by atoms with Crippen molar-refractivity contribution < 1.29 is 17.9 Å². The number of aryl methyl sites for hydroxylation is 2. The van der Waals surface area contributed by atoms with Crippen molar-refractivity contribution in [3.05, 3.63) is 33.3 Å². The van der Waals surface area contributed by atoms with Gasteiger partial charge in [0.2, 0.25) is 0 Å². The fourth-order valence-corrected chi connectivity index (χ4v) is 2.45. The third-order valence-corrected chi connectivity index (χ3v) is 3.97. The zero-order valence-electron chi connectivity index (χ0n) is 10.7. The molecule has 0 saturated carbocycles. The van der Waals surface area contributed by atoms with E-state index >= 15 is 0 Å². The third-order valence-electron chi connectivity index (χ3n) is 2.67. The van der Waals surface area contributed by atoms with Gasteiger partial charge in [0.05, 0.1) is 5.38 Å². The zero-order chi connectivity index (χ0) is 14.6. The van der Waals surface area contributed by atoms with E-state index in [2.05, 4.69) is 20.7 Å². The molecule has 0 saturated heterocycles. The van der Waals surface area contributed by atoms with Gasteiger partial charge in [0.15, 0.2) is 0 Å². The normalized spacial score (nSPS) is 13.6. The second-order valence-electron chi connectivity index (χ2n) is 4.38. The van der Waals surface area contributed by atoms with Gasteiger partial charge in [-0.3, -0.25) is 0 Å². The molecule has 1 atom stereocenters. The summed E-state index contributed by atoms with van der Waals surface area (Å²) in [7, 11) is 0. The number of ether oxygens (including phenoxy) is 1. The van der Waals surface area contributed by atoms with Gasteiger partial charge in [-0.2, -0.15) is 13.2 Å². The Morgan fingerprint density at radius 3 is 2.47 bits per heavy atom. The topological polar surface area (TPSA) is 9.23 Å². The molecular weight excluding hydrogens is 344 g/mol. The maximum absolute atomic E-state index is 11.9. The molecule has 0 amide bonds. The Bertz CT molecular complexity index is 435. The Morgan fingerprint density at radius 1 is 1.26 bits per heavy atom. The fraction of sp³-hybridized carbons (Fsp3) is 0.538. The first kappa shape index (κ1) is 16.8. The van der Waals surface area contributed by atoms with Crippen LogP contribution in [0.1, 0.15) is 28.5 Å². The summed E-state index contributed by atoms with van der Waals surface area (Å²) in [4.78, 5) is 0. The lowest BCUT2D eigenvalue weighted by Crippen LogP contribution is -2.17. The summed E-state index contributed by atoms with van der Waals surface area (Å²) in [5, 5.41) is -0.347. The van der Waals surface area contributed by atoms with Crippen LogP contribution in [-0.4, -0.2) is 19.4 Å². The summed E-state index contributed by atoms with van der Waals surface area (Å²) in [5.41, 5.74) is 2.98. The Morgan fingerprint density at radius 2 is 1.89 bits per heavy atom. The molecule has 0 aliphatic heterocycles. The van der Waals surface area contributed by atoms with Gasteiger partial charge in [0, 0.05) is 11.1 Å². The van der Waals surface area contributed by atoms with Gasteiger partial charge in [-0.15, -0.1) is 11.6 Å². The Hall–Kier alpha value is -0.260. The number of benzene rings is 1. The van der Waals surface area contributed by atoms with Crippen molar-refractivity contribution in [1.82, 2.24) is 0 Å². The molecular formula is C13H15BrClF3O. The predicted molar refractivity (Wildman–Crippen MR) is 73.7 cm³/mol. The average molecular weight is 360 g/mol. The minimum Gasteiger partial charge on any atom is -0.372 e. The molecule has 0 heterocycles. The average Bonchev–Trinajstić information content (AvgIpc) is 2.28. The van der Waals surface area contributed by atoms with Crippen LogP contribution in [0.3, 0.4) is 0 Å². The summed E-state index contributed by atoms with van der Waals surface area (Å²) in [5.74, 6) is 0. The highest BCUT2D eigenvalue weighted by Gasteiger charge is 2.27. The van der Waals surface area contributed by atoms with Crippen molar-refractivity contribution >= 4 is 27.5 Å². The second kappa shape index (κ2) is 6.95. The molecule has 1 aromatic rings. The lowest BCUT2D eigenvalue weighted by atomic mass is 10.0. The molecule has 0 N–H and O–H groups in total. The summed E-state index contributed by atoms with van der Waals surface area (Å²) in [6.07, 6.45) is -3.94. The van der Waals surface area contributed by atoms with E-state index in [4.69, 9.17) is 11.6 Å². The lowest BCUT2D eigenvalue weighted by Gasteiger charge is -2.15. The van der Waals surface area contributed by atoms with E-state index in [1.807, 2.05) is 26.0 Å². The van der Waals surface area contributed by atoms with Gasteiger partial charge in [0.1, 0.15) is 6.61 Å². The smallest absolute Gasteiger partial charge is 0.372 e. The fourth-order valence-electron chi connectivity index (χ4n) is 1.67. The maximum Gasteiger partial charge on any atom is 0.411 e. The Kier molecular flexibility index (Phi) is 6.15. The molecule has 0 radical (unpaired) electrons. The molecule has 6 heteroatoms. The predicted octanol–water partition coefficient (Wildman–Crippen LogP) is 5.31. The number of alkyl halides is 4. The molecule has 0 bridgehead atoms. The molecule has 1 aromatic carbocycles. The van der Waals surface area contributed by atoms with E-state index in [0.717, 1.165) is 21.2 Å². The first-order chi connectivity index (χ1) is 8.70. The monoisotopic (exact) mass is 358 g/mol. The van der Waals surface area contributed by atoms with Crippen LogP contribution in [0.5, 0.6) is 0 Å². The lowest BCUT2D eigenvalue weighted by molar-refractivity contribution is -0.174. The van der Waals surface area contributed by atoms with Crippen LogP contribution >= 0.6 is 27.5 Å². The summed E-state index contributed by atoms with van der Waals surface area (Å²) < 4.78 is 41.3. The van der Waals surface area contributed by atoms with Crippen LogP contribution in [0.15, 0.2) is 16.6 Å². The van der Waals surface area contributed by atoms with Gasteiger partial charge < -0.3 is 4.74 Å². The SMILES string of the molecule is Cc1cc(C(Cl)CCOCC(F)(F)F)c(C)cc1Br. The van der Waals surface area contributed by atoms with Crippen molar-refractivity contribution in [3.63, 3.8) is 0 Å². The van der Waals surface area contributed by atoms with Gasteiger partial charge in [0.25, 0.3) is 0 Å². The quantitative estimate of drug-likeness (QED) is 0.511. The van der Waals surface area contributed by atoms with Crippen LogP contribution < -0.4 is 0 Å². The van der Waals surface area contributed by atoms with Crippen molar-refractivity contribution in [1.29, 1.82) is 0 Å². The van der Waals surface area contributed by atoms with E-state index < -0.39 is 12.8 Å². The maximum atomic E-state index is 11.9. The zero-order valence-corrected chi connectivity index (χ0v) is 13.0. The number of hydrogen-bond acceptors (Lipinski definition) is 1. The minimum absolute atomic E-state index is 0.0117. The highest BCUT2D eigenvalue weighted by molar-refractivity contribution is 9.10. The molecule has 0 spiro atoms. The molecule has 1 rings (SSSR count). The van der Waals surface area contributed by atoms with Crippen LogP contribution in [-0.2, 0) is 4.74 Å². The Balaban J connectivity index is 2.54. The van der Waals surface area contributed by atoms with Crippen LogP contribution in [0, 0.1) is 13.8 Å². The first-order valence-electron chi connectivity index (χ1n) is 5.76. The van der Waals surface area contributed by atoms with E-state index in [1.54, 1.807) is 0 Å². The Labute approximate surface area is 124 Å². The molecule has 1 nitrogen and oxygen atoms in total. The summed E-state index contributed by atoms with van der Waals surface area (Å²) in [6, 6.07) is 3.90. The third kappa shape index (κ3) is 5.71. The van der Waals surface area contributed by atoms with Gasteiger partial charge in [-0.05, 0) is 43.0 Å². The molecule has 0 fully saturated rings. The van der Waals surface area contributed by atoms with Crippen molar-refractivity contribution in [3.8, 4) is 0 Å². The van der Waals surface area contributed by atoms with E-state index in [-0.39, 0.29) is 12.0 Å². The molecule has 0 aliphatic rings. The van der Waals surface area contributed by atoms with Crippen LogP contribution in [0.2, 0.25) is 0 Å². The van der Waals surface area contributed by atoms with Gasteiger partial charge >= 0.3 is 6.18 Å². The first-order valence-corrected chi connectivity index (χ1v) is 6.99. The number of halogens is 5. The van der Waals surface area contributed by atoms with Crippen molar-refractivity contribution in [2.24, 2.45) is 0 Å². The second-order valence-corrected chi connectivity index (χ2v) is 5.76. The molecule has 108 valence electrons. The number of hydrogen-bond donors (Lipinski definition) is 0. The van der Waals surface area contributed by atoms with Gasteiger partial charge in [-0.1, -0.05) is 22.0 Å². The summed E-state index contributed by atoms with van der Waals surface area (Å²) >= 11 is 9.63. The molecule has 0 aliphatic carbocycles. The van der Waals surface area contributed by atoms with Crippen molar-refractivity contribution in [2.45, 2.75) is 31.8 Å². The molecule has 0 aromatic heterocycles. The van der Waals surface area contributed by atoms with Crippen LogP contribution in [0.25, 0.3) is 0 Å². The van der Waals surface area contributed by atoms with Gasteiger partial charge in [-0.25, -0.2) is 0 Å². The highest BCUT2D eigenvalue weighted by Crippen LogP contribution is 2.31. The molecule has 19 heavy (non-hydrogen) atoms. The van der Waals surface area contributed by atoms with E-state index in [0.29, 0.717) is 6.42 Å². The molecule has 1 unspecified atom stereocenters.